The van der Waals surface area contributed by atoms with Gasteiger partial charge in [0.2, 0.25) is 23.6 Å². The van der Waals surface area contributed by atoms with E-state index in [9.17, 15) is 34.2 Å². The molecule has 0 aromatic carbocycles. The van der Waals surface area contributed by atoms with Crippen LogP contribution < -0.4 is 38.5 Å². The van der Waals surface area contributed by atoms with Crippen LogP contribution in [-0.2, 0) is 28.7 Å². The number of hydrogen-bond acceptors (Lipinski definition) is 11. The fourth-order valence-electron chi connectivity index (χ4n) is 2.27. The van der Waals surface area contributed by atoms with Crippen LogP contribution in [0.4, 0.5) is 4.79 Å². The van der Waals surface area contributed by atoms with Crippen LogP contribution in [0.25, 0.3) is 0 Å². The minimum Gasteiger partial charge on any atom is -0.394 e. The van der Waals surface area contributed by atoms with E-state index in [1.807, 2.05) is 0 Å². The Bertz CT molecular complexity index is 681. The SMILES string of the molecule is NC(=O)CC(NC(=O)NC(CO)C(=O)NCCOCCOCC(O)NC(CO)C(N)=O)C(N)=O. The molecule has 0 saturated carbocycles. The number of nitrogens with two attached hydrogens (primary N) is 3. The van der Waals surface area contributed by atoms with E-state index in [4.69, 9.17) is 31.8 Å². The maximum atomic E-state index is 12.0. The van der Waals surface area contributed by atoms with Crippen molar-refractivity contribution in [1.29, 1.82) is 0 Å². The van der Waals surface area contributed by atoms with E-state index in [1.165, 1.54) is 0 Å². The molecule has 34 heavy (non-hydrogen) atoms. The second-order valence-electron chi connectivity index (χ2n) is 6.78. The van der Waals surface area contributed by atoms with Gasteiger partial charge in [-0.05, 0) is 0 Å². The van der Waals surface area contributed by atoms with Crippen molar-refractivity contribution in [2.45, 2.75) is 30.8 Å². The van der Waals surface area contributed by atoms with Gasteiger partial charge < -0.3 is 57.9 Å². The van der Waals surface area contributed by atoms with Crippen molar-refractivity contribution < 1.29 is 48.8 Å². The number of nitrogens with one attached hydrogen (secondary N) is 4. The van der Waals surface area contributed by atoms with Gasteiger partial charge in [-0.15, -0.1) is 0 Å². The third-order valence-corrected chi connectivity index (χ3v) is 3.97. The Morgan fingerprint density at radius 3 is 1.88 bits per heavy atom. The normalized spacial score (nSPS) is 14.3. The summed E-state index contributed by atoms with van der Waals surface area (Å²) in [6.07, 6.45) is -1.77. The molecular formula is C17H33N7O10. The van der Waals surface area contributed by atoms with Crippen LogP contribution in [0.2, 0.25) is 0 Å². The molecule has 0 heterocycles. The molecule has 0 fully saturated rings. The number of hydrogen-bond donors (Lipinski definition) is 10. The van der Waals surface area contributed by atoms with Gasteiger partial charge in [0.25, 0.3) is 0 Å². The number of ether oxygens (including phenoxy) is 2. The highest BCUT2D eigenvalue weighted by Gasteiger charge is 2.24. The lowest BCUT2D eigenvalue weighted by molar-refractivity contribution is -0.125. The van der Waals surface area contributed by atoms with E-state index in [-0.39, 0.29) is 33.0 Å². The van der Waals surface area contributed by atoms with Crippen molar-refractivity contribution in [2.75, 3.05) is 46.2 Å². The molecule has 6 amide bonds. The molecule has 0 aromatic rings. The van der Waals surface area contributed by atoms with Crippen molar-refractivity contribution in [3.63, 3.8) is 0 Å². The summed E-state index contributed by atoms with van der Waals surface area (Å²) >= 11 is 0. The molecule has 0 spiro atoms. The summed E-state index contributed by atoms with van der Waals surface area (Å²) in [4.78, 5) is 57.0. The highest BCUT2D eigenvalue weighted by Crippen LogP contribution is 1.92. The smallest absolute Gasteiger partial charge is 0.316 e. The number of amides is 6. The molecule has 0 aromatic heterocycles. The first-order valence-corrected chi connectivity index (χ1v) is 10.0. The van der Waals surface area contributed by atoms with Crippen LogP contribution in [0, 0.1) is 0 Å². The Balaban J connectivity index is 4.09. The molecular weight excluding hydrogens is 462 g/mol. The fourth-order valence-corrected chi connectivity index (χ4v) is 2.27. The van der Waals surface area contributed by atoms with Gasteiger partial charge in [-0.25, -0.2) is 4.79 Å². The highest BCUT2D eigenvalue weighted by molar-refractivity contribution is 5.92. The first-order valence-electron chi connectivity index (χ1n) is 10.0. The lowest BCUT2D eigenvalue weighted by Crippen LogP contribution is -2.56. The average Bonchev–Trinajstić information content (AvgIpc) is 2.76. The van der Waals surface area contributed by atoms with E-state index < -0.39 is 73.6 Å². The second kappa shape index (κ2) is 17.4. The lowest BCUT2D eigenvalue weighted by atomic mass is 10.2. The predicted molar refractivity (Wildman–Crippen MR) is 113 cm³/mol. The summed E-state index contributed by atoms with van der Waals surface area (Å²) in [5.41, 5.74) is 15.0. The van der Waals surface area contributed by atoms with Crippen LogP contribution in [0.3, 0.4) is 0 Å². The van der Waals surface area contributed by atoms with Crippen LogP contribution >= 0.6 is 0 Å². The molecule has 13 N–H and O–H groups in total. The average molecular weight is 495 g/mol. The third kappa shape index (κ3) is 14.1. The first kappa shape index (κ1) is 30.9. The molecule has 0 saturated heterocycles. The summed E-state index contributed by atoms with van der Waals surface area (Å²) in [5, 5.41) is 36.8. The molecule has 4 atom stereocenters. The Kier molecular flexibility index (Phi) is 15.8. The van der Waals surface area contributed by atoms with Gasteiger partial charge in [0.05, 0.1) is 46.1 Å². The number of aliphatic hydroxyl groups is 3. The zero-order valence-electron chi connectivity index (χ0n) is 18.4. The Labute approximate surface area is 194 Å². The molecule has 0 bridgehead atoms. The second-order valence-corrected chi connectivity index (χ2v) is 6.78. The van der Waals surface area contributed by atoms with E-state index in [0.29, 0.717) is 0 Å². The van der Waals surface area contributed by atoms with Gasteiger partial charge in [0, 0.05) is 6.54 Å². The van der Waals surface area contributed by atoms with E-state index in [1.54, 1.807) is 0 Å². The largest absolute Gasteiger partial charge is 0.394 e. The fraction of sp³-hybridized carbons (Fsp3) is 0.706. The number of aliphatic hydroxyl groups excluding tert-OH is 3. The summed E-state index contributed by atoms with van der Waals surface area (Å²) < 4.78 is 10.3. The van der Waals surface area contributed by atoms with Crippen molar-refractivity contribution in [2.24, 2.45) is 17.2 Å². The molecule has 0 aliphatic heterocycles. The molecule has 17 nitrogen and oxygen atoms in total. The Morgan fingerprint density at radius 1 is 0.794 bits per heavy atom. The van der Waals surface area contributed by atoms with Crippen molar-refractivity contribution in [3.8, 4) is 0 Å². The topological polar surface area (TPSA) is 291 Å². The van der Waals surface area contributed by atoms with Crippen LogP contribution in [-0.4, -0.2) is 116 Å². The number of carbonyl (C=O) groups excluding carboxylic acids is 5. The number of carbonyl (C=O) groups is 5. The van der Waals surface area contributed by atoms with E-state index in [2.05, 4.69) is 21.3 Å². The quantitative estimate of drug-likeness (QED) is 0.0593. The molecule has 0 aliphatic rings. The van der Waals surface area contributed by atoms with E-state index >= 15 is 0 Å². The maximum Gasteiger partial charge on any atom is 0.316 e. The van der Waals surface area contributed by atoms with Crippen molar-refractivity contribution in [3.05, 3.63) is 0 Å². The van der Waals surface area contributed by atoms with Crippen LogP contribution in [0.1, 0.15) is 6.42 Å². The standard InChI is InChI=1S/C17H33N7O10/c18-12(27)5-9(14(19)29)23-17(32)24-11(7-26)16(31)21-1-2-33-3-4-34-8-13(28)22-10(6-25)15(20)30/h9-11,13,22,25-26,28H,1-8H2,(H2,18,27)(H2,19,29)(H2,20,30)(H,21,31)(H2,23,24,32). The summed E-state index contributed by atoms with van der Waals surface area (Å²) in [7, 11) is 0. The third-order valence-electron chi connectivity index (χ3n) is 3.97. The zero-order chi connectivity index (χ0) is 26.1. The Morgan fingerprint density at radius 2 is 1.35 bits per heavy atom. The van der Waals surface area contributed by atoms with E-state index in [0.717, 1.165) is 0 Å². The highest BCUT2D eigenvalue weighted by atomic mass is 16.5. The summed E-state index contributed by atoms with van der Waals surface area (Å²) in [6, 6.07) is -4.87. The van der Waals surface area contributed by atoms with Gasteiger partial charge in [0.1, 0.15) is 24.4 Å². The molecule has 0 aliphatic carbocycles. The van der Waals surface area contributed by atoms with Crippen molar-refractivity contribution in [1.82, 2.24) is 21.3 Å². The number of rotatable bonds is 19. The van der Waals surface area contributed by atoms with Crippen LogP contribution in [0.5, 0.6) is 0 Å². The minimum atomic E-state index is -1.38. The zero-order valence-corrected chi connectivity index (χ0v) is 18.4. The molecule has 4 unspecified atom stereocenters. The molecule has 0 radical (unpaired) electrons. The van der Waals surface area contributed by atoms with Gasteiger partial charge >= 0.3 is 6.03 Å². The van der Waals surface area contributed by atoms with Gasteiger partial charge in [0.15, 0.2) is 0 Å². The lowest BCUT2D eigenvalue weighted by Gasteiger charge is -2.19. The maximum absolute atomic E-state index is 12.0. The predicted octanol–water partition coefficient (Wildman–Crippen LogP) is -6.72. The number of primary amides is 3. The van der Waals surface area contributed by atoms with Gasteiger partial charge in [-0.3, -0.25) is 24.5 Å². The van der Waals surface area contributed by atoms with Crippen molar-refractivity contribution >= 4 is 29.7 Å². The summed E-state index contributed by atoms with van der Waals surface area (Å²) in [5.74, 6) is -3.46. The first-order chi connectivity index (χ1) is 16.0. The van der Waals surface area contributed by atoms with Gasteiger partial charge in [-0.2, -0.15) is 0 Å². The Hall–Kier alpha value is -3.09. The van der Waals surface area contributed by atoms with Gasteiger partial charge in [-0.1, -0.05) is 0 Å². The number of urea groups is 1. The molecule has 196 valence electrons. The van der Waals surface area contributed by atoms with Crippen LogP contribution in [0.15, 0.2) is 0 Å². The summed E-state index contributed by atoms with van der Waals surface area (Å²) in [6.45, 7) is -1.30. The molecule has 0 rings (SSSR count). The molecule has 17 heteroatoms. The minimum absolute atomic E-state index is 0.0190. The monoisotopic (exact) mass is 495 g/mol.